The molecule has 8 atom stereocenters. The molecule has 0 aromatic heterocycles. The first-order valence-electron chi connectivity index (χ1n) is 14.0. The first-order valence-corrected chi connectivity index (χ1v) is 14.0. The van der Waals surface area contributed by atoms with Gasteiger partial charge in [-0.2, -0.15) is 5.06 Å². The number of amides is 1. The van der Waals surface area contributed by atoms with Crippen molar-refractivity contribution in [3.05, 3.63) is 35.4 Å². The number of carbonyl (C=O) groups is 1. The predicted octanol–water partition coefficient (Wildman–Crippen LogP) is 2.00. The molecule has 1 aliphatic heterocycles. The molecule has 4 aliphatic rings. The fourth-order valence-electron chi connectivity index (χ4n) is 7.04. The summed E-state index contributed by atoms with van der Waals surface area (Å²) in [6.45, 7) is 11.5. The standard InChI is InChI=1S/C29H48N4O4/c1-18-23-13-22(29(23,3)4)14-24(18)31-28(36)27-26(19(2)35)25(17-34)37-33(27)16-21-9-7-8-20(12-21)15-30-10-11-32(5)6/h7-9,12,18-19,22-27,30,34-35H,10-11,13-17H2,1-6H3,(H,31,36)/t18-,19-,22+,23+,24-,25-,26?,27-/m0/s1. The number of carbonyl (C=O) groups excluding carboxylic acids is 1. The van der Waals surface area contributed by atoms with E-state index in [4.69, 9.17) is 4.84 Å². The second-order valence-electron chi connectivity index (χ2n) is 12.5. The number of hydrogen-bond donors (Lipinski definition) is 4. The Kier molecular flexibility index (Phi) is 8.98. The summed E-state index contributed by atoms with van der Waals surface area (Å²) in [5.74, 6) is 1.06. The molecule has 4 N–H and O–H groups in total. The highest BCUT2D eigenvalue weighted by molar-refractivity contribution is 5.82. The molecule has 37 heavy (non-hydrogen) atoms. The average Bonchev–Trinajstić information content (AvgIpc) is 3.21. The highest BCUT2D eigenvalue weighted by atomic mass is 16.7. The average molecular weight is 517 g/mol. The third-order valence-electron chi connectivity index (χ3n) is 9.46. The number of hydrogen-bond acceptors (Lipinski definition) is 7. The monoisotopic (exact) mass is 516 g/mol. The molecular formula is C29H48N4O4. The van der Waals surface area contributed by atoms with Crippen LogP contribution in [0.1, 0.15) is 51.7 Å². The van der Waals surface area contributed by atoms with Gasteiger partial charge in [0.1, 0.15) is 12.1 Å². The number of aliphatic hydroxyl groups is 2. The predicted molar refractivity (Wildman–Crippen MR) is 144 cm³/mol. The minimum atomic E-state index is -0.791. The van der Waals surface area contributed by atoms with Crippen molar-refractivity contribution in [2.45, 2.75) is 77.9 Å². The zero-order chi connectivity index (χ0) is 26.9. The molecule has 8 heteroatoms. The van der Waals surface area contributed by atoms with E-state index in [9.17, 15) is 15.0 Å². The molecule has 3 aliphatic carbocycles. The summed E-state index contributed by atoms with van der Waals surface area (Å²) in [7, 11) is 4.12. The van der Waals surface area contributed by atoms with E-state index in [0.29, 0.717) is 29.7 Å². The molecule has 1 aromatic rings. The normalized spacial score (nSPS) is 33.8. The Morgan fingerprint density at radius 1 is 1.27 bits per heavy atom. The Balaban J connectivity index is 1.46. The van der Waals surface area contributed by atoms with E-state index in [1.54, 1.807) is 12.0 Å². The summed E-state index contributed by atoms with van der Waals surface area (Å²) in [6, 6.07) is 7.74. The zero-order valence-electron chi connectivity index (χ0n) is 23.5. The lowest BCUT2D eigenvalue weighted by atomic mass is 9.45. The number of nitrogens with zero attached hydrogens (tertiary/aromatic N) is 2. The number of likely N-dealkylation sites (N-methyl/N-ethyl adjacent to an activating group) is 1. The van der Waals surface area contributed by atoms with E-state index >= 15 is 0 Å². The Morgan fingerprint density at radius 3 is 2.62 bits per heavy atom. The van der Waals surface area contributed by atoms with Crippen LogP contribution in [0.2, 0.25) is 0 Å². The van der Waals surface area contributed by atoms with Crippen LogP contribution in [0.4, 0.5) is 0 Å². The van der Waals surface area contributed by atoms with Crippen molar-refractivity contribution in [3.63, 3.8) is 0 Å². The van der Waals surface area contributed by atoms with Gasteiger partial charge in [0, 0.05) is 31.6 Å². The van der Waals surface area contributed by atoms with Gasteiger partial charge < -0.3 is 25.7 Å². The van der Waals surface area contributed by atoms with E-state index < -0.39 is 24.2 Å². The summed E-state index contributed by atoms with van der Waals surface area (Å²) in [5, 5.41) is 29.1. The van der Waals surface area contributed by atoms with Crippen molar-refractivity contribution >= 4 is 5.91 Å². The fourth-order valence-corrected chi connectivity index (χ4v) is 7.04. The van der Waals surface area contributed by atoms with Gasteiger partial charge >= 0.3 is 0 Å². The van der Waals surface area contributed by atoms with Gasteiger partial charge in [0.25, 0.3) is 0 Å². The van der Waals surface area contributed by atoms with E-state index in [2.05, 4.69) is 62.5 Å². The van der Waals surface area contributed by atoms with Crippen molar-refractivity contribution < 1.29 is 19.8 Å². The summed E-state index contributed by atoms with van der Waals surface area (Å²) in [5.41, 5.74) is 2.54. The largest absolute Gasteiger partial charge is 0.394 e. The summed E-state index contributed by atoms with van der Waals surface area (Å²) in [4.78, 5) is 22.0. The van der Waals surface area contributed by atoms with Crippen LogP contribution in [0.5, 0.6) is 0 Å². The molecule has 1 amide bonds. The second-order valence-corrected chi connectivity index (χ2v) is 12.5. The number of rotatable bonds is 11. The Morgan fingerprint density at radius 2 is 2.00 bits per heavy atom. The molecule has 4 fully saturated rings. The van der Waals surface area contributed by atoms with Crippen LogP contribution in [0.25, 0.3) is 0 Å². The van der Waals surface area contributed by atoms with Crippen LogP contribution in [0.3, 0.4) is 0 Å². The lowest BCUT2D eigenvalue weighted by molar-refractivity contribution is -0.183. The molecule has 1 heterocycles. The molecule has 8 nitrogen and oxygen atoms in total. The smallest absolute Gasteiger partial charge is 0.240 e. The Bertz CT molecular complexity index is 923. The highest BCUT2D eigenvalue weighted by Crippen LogP contribution is 2.61. The van der Waals surface area contributed by atoms with Gasteiger partial charge in [0.05, 0.1) is 19.3 Å². The van der Waals surface area contributed by atoms with Crippen molar-refractivity contribution in [1.29, 1.82) is 0 Å². The molecule has 5 rings (SSSR count). The number of hydroxylamine groups is 2. The number of nitrogens with one attached hydrogen (secondary N) is 2. The van der Waals surface area contributed by atoms with Gasteiger partial charge in [-0.25, -0.2) is 0 Å². The molecular weight excluding hydrogens is 468 g/mol. The van der Waals surface area contributed by atoms with Crippen molar-refractivity contribution in [1.82, 2.24) is 20.6 Å². The minimum Gasteiger partial charge on any atom is -0.394 e. The van der Waals surface area contributed by atoms with Gasteiger partial charge in [-0.1, -0.05) is 45.0 Å². The molecule has 3 saturated carbocycles. The topological polar surface area (TPSA) is 97.3 Å². The van der Waals surface area contributed by atoms with Crippen molar-refractivity contribution in [2.24, 2.45) is 29.1 Å². The Labute approximate surface area is 222 Å². The molecule has 1 saturated heterocycles. The molecule has 208 valence electrons. The van der Waals surface area contributed by atoms with Crippen LogP contribution >= 0.6 is 0 Å². The van der Waals surface area contributed by atoms with Gasteiger partial charge in [-0.15, -0.1) is 0 Å². The number of fused-ring (bicyclic) bond motifs is 2. The lowest BCUT2D eigenvalue weighted by Gasteiger charge is -2.62. The maximum absolute atomic E-state index is 13.8. The minimum absolute atomic E-state index is 0.112. The van der Waals surface area contributed by atoms with E-state index in [1.165, 1.54) is 12.0 Å². The molecule has 1 aromatic carbocycles. The van der Waals surface area contributed by atoms with Gasteiger partial charge in [-0.05, 0) is 68.2 Å². The van der Waals surface area contributed by atoms with Gasteiger partial charge in [0.2, 0.25) is 5.91 Å². The van der Waals surface area contributed by atoms with Gasteiger partial charge in [0.15, 0.2) is 0 Å². The second kappa shape index (κ2) is 11.7. The number of benzene rings is 1. The van der Waals surface area contributed by atoms with E-state index in [0.717, 1.165) is 31.6 Å². The third kappa shape index (κ3) is 6.05. The van der Waals surface area contributed by atoms with E-state index in [1.807, 2.05) is 12.1 Å². The van der Waals surface area contributed by atoms with Crippen LogP contribution < -0.4 is 10.6 Å². The maximum atomic E-state index is 13.8. The van der Waals surface area contributed by atoms with Crippen molar-refractivity contribution in [3.8, 4) is 0 Å². The van der Waals surface area contributed by atoms with Gasteiger partial charge in [-0.3, -0.25) is 9.63 Å². The van der Waals surface area contributed by atoms with Crippen LogP contribution in [0.15, 0.2) is 24.3 Å². The summed E-state index contributed by atoms with van der Waals surface area (Å²) < 4.78 is 0. The SMILES string of the molecule is C[C@@H]1[C@@H](NC(=O)[C@@H]2C([C@H](C)O)[C@H](CO)ON2Cc2cccc(CNCCN(C)C)c2)C[C@H]2C[C@H]1C2(C)C. The molecule has 0 spiro atoms. The first-order chi connectivity index (χ1) is 17.5. The molecule has 0 radical (unpaired) electrons. The number of aliphatic hydroxyl groups excluding tert-OH is 2. The summed E-state index contributed by atoms with van der Waals surface area (Å²) in [6.07, 6.45) is 0.835. The summed E-state index contributed by atoms with van der Waals surface area (Å²) >= 11 is 0. The maximum Gasteiger partial charge on any atom is 0.240 e. The molecule has 1 unspecified atom stereocenters. The van der Waals surface area contributed by atoms with Crippen molar-refractivity contribution in [2.75, 3.05) is 33.8 Å². The molecule has 2 bridgehead atoms. The first kappa shape index (κ1) is 28.5. The Hall–Kier alpha value is -1.55. The zero-order valence-corrected chi connectivity index (χ0v) is 23.5. The van der Waals surface area contributed by atoms with E-state index in [-0.39, 0.29) is 18.6 Å². The van der Waals surface area contributed by atoms with Crippen LogP contribution in [-0.4, -0.2) is 84.2 Å². The quantitative estimate of drug-likeness (QED) is 0.334. The fraction of sp³-hybridized carbons (Fsp3) is 0.759. The third-order valence-corrected chi connectivity index (χ3v) is 9.46. The van der Waals surface area contributed by atoms with Crippen LogP contribution in [0, 0.1) is 29.1 Å². The highest BCUT2D eigenvalue weighted by Gasteiger charge is 2.57. The lowest BCUT2D eigenvalue weighted by Crippen LogP contribution is -2.62. The van der Waals surface area contributed by atoms with Crippen LogP contribution in [-0.2, 0) is 22.7 Å².